The third-order valence-electron chi connectivity index (χ3n) is 10.3. The minimum Gasteiger partial charge on any atom is -0.389 e. The molecule has 0 bridgehead atoms. The Balaban J connectivity index is 1.52. The maximum absolute atomic E-state index is 11.1. The second-order valence-corrected chi connectivity index (χ2v) is 12.3. The van der Waals surface area contributed by atoms with E-state index in [9.17, 15) is 10.2 Å². The highest BCUT2D eigenvalue weighted by Crippen LogP contribution is 2.67. The molecule has 0 spiro atoms. The number of aliphatic hydroxyl groups excluding tert-OH is 2. The predicted molar refractivity (Wildman–Crippen MR) is 120 cm³/mol. The molecule has 0 amide bonds. The van der Waals surface area contributed by atoms with Gasteiger partial charge >= 0.3 is 0 Å². The van der Waals surface area contributed by atoms with E-state index in [1.165, 1.54) is 50.5 Å². The highest BCUT2D eigenvalue weighted by Gasteiger charge is 2.60. The Morgan fingerprint density at radius 2 is 1.72 bits per heavy atom. The van der Waals surface area contributed by atoms with Crippen LogP contribution in [0.5, 0.6) is 0 Å². The van der Waals surface area contributed by atoms with Crippen molar-refractivity contribution < 1.29 is 10.2 Å². The van der Waals surface area contributed by atoms with Crippen LogP contribution >= 0.6 is 0 Å². The first-order chi connectivity index (χ1) is 13.7. The van der Waals surface area contributed by atoms with Crippen LogP contribution in [0.2, 0.25) is 0 Å². The molecule has 2 nitrogen and oxygen atoms in total. The van der Waals surface area contributed by atoms with Gasteiger partial charge < -0.3 is 10.2 Å². The van der Waals surface area contributed by atoms with Gasteiger partial charge in [0.1, 0.15) is 0 Å². The number of fused-ring (bicyclic) bond motifs is 5. The molecule has 166 valence electrons. The summed E-state index contributed by atoms with van der Waals surface area (Å²) in [4.78, 5) is 0. The summed E-state index contributed by atoms with van der Waals surface area (Å²) in [6.45, 7) is 12.3. The van der Waals surface area contributed by atoms with Crippen molar-refractivity contribution in [2.75, 3.05) is 0 Å². The minimum absolute atomic E-state index is 0.115. The quantitative estimate of drug-likeness (QED) is 0.525. The molecule has 0 aliphatic heterocycles. The lowest BCUT2D eigenvalue weighted by molar-refractivity contribution is -0.0874. The van der Waals surface area contributed by atoms with Gasteiger partial charge in [0.15, 0.2) is 0 Å². The number of hydrogen-bond acceptors (Lipinski definition) is 2. The van der Waals surface area contributed by atoms with E-state index in [-0.39, 0.29) is 17.6 Å². The Bertz CT molecular complexity index is 624. The monoisotopic (exact) mass is 402 g/mol. The molecule has 0 unspecified atom stereocenters. The van der Waals surface area contributed by atoms with Gasteiger partial charge in [0.2, 0.25) is 0 Å². The van der Waals surface area contributed by atoms with Crippen molar-refractivity contribution in [1.82, 2.24) is 0 Å². The van der Waals surface area contributed by atoms with Crippen LogP contribution in [0, 0.1) is 46.3 Å². The molecule has 0 heterocycles. The van der Waals surface area contributed by atoms with E-state index in [1.54, 1.807) is 0 Å². The SMILES string of the molecule is CC(C)CCC[C@@H](C)[C@H]1CC[C@H]2[C@@H]3C[C@@H](O)C4=C[C@H](O)CC[C@]4(C)[C@H]3CC[C@]12C. The van der Waals surface area contributed by atoms with Gasteiger partial charge in [-0.05, 0) is 96.9 Å². The molecule has 29 heavy (non-hydrogen) atoms. The van der Waals surface area contributed by atoms with Crippen molar-refractivity contribution in [3.63, 3.8) is 0 Å². The van der Waals surface area contributed by atoms with Gasteiger partial charge in [0, 0.05) is 0 Å². The summed E-state index contributed by atoms with van der Waals surface area (Å²) in [7, 11) is 0. The van der Waals surface area contributed by atoms with Crippen LogP contribution in [0.4, 0.5) is 0 Å². The lowest BCUT2D eigenvalue weighted by Gasteiger charge is -2.60. The lowest BCUT2D eigenvalue weighted by atomic mass is 9.46. The number of rotatable bonds is 5. The van der Waals surface area contributed by atoms with Gasteiger partial charge in [-0.15, -0.1) is 0 Å². The van der Waals surface area contributed by atoms with E-state index in [0.717, 1.165) is 42.9 Å². The maximum Gasteiger partial charge on any atom is 0.0759 e. The topological polar surface area (TPSA) is 40.5 Å². The van der Waals surface area contributed by atoms with Gasteiger partial charge in [-0.3, -0.25) is 0 Å². The third kappa shape index (κ3) is 3.65. The highest BCUT2D eigenvalue weighted by atomic mass is 16.3. The molecular formula is C27H46O2. The first-order valence-electron chi connectivity index (χ1n) is 12.7. The van der Waals surface area contributed by atoms with E-state index in [4.69, 9.17) is 0 Å². The summed E-state index contributed by atoms with van der Waals surface area (Å²) in [5, 5.41) is 21.3. The van der Waals surface area contributed by atoms with Crippen LogP contribution in [0.25, 0.3) is 0 Å². The molecule has 0 aromatic heterocycles. The van der Waals surface area contributed by atoms with Crippen LogP contribution < -0.4 is 0 Å². The van der Waals surface area contributed by atoms with Gasteiger partial charge in [-0.25, -0.2) is 0 Å². The van der Waals surface area contributed by atoms with Crippen LogP contribution in [0.1, 0.15) is 98.8 Å². The van der Waals surface area contributed by atoms with E-state index >= 15 is 0 Å². The molecular weight excluding hydrogens is 356 g/mol. The fourth-order valence-corrected chi connectivity index (χ4v) is 8.78. The van der Waals surface area contributed by atoms with E-state index < -0.39 is 0 Å². The summed E-state index contributed by atoms with van der Waals surface area (Å²) in [6, 6.07) is 0. The zero-order valence-electron chi connectivity index (χ0n) is 19.7. The number of aliphatic hydroxyl groups is 2. The van der Waals surface area contributed by atoms with Crippen LogP contribution in [-0.2, 0) is 0 Å². The maximum atomic E-state index is 11.1. The van der Waals surface area contributed by atoms with E-state index in [1.807, 2.05) is 6.08 Å². The molecule has 0 radical (unpaired) electrons. The van der Waals surface area contributed by atoms with Crippen molar-refractivity contribution >= 4 is 0 Å². The third-order valence-corrected chi connectivity index (χ3v) is 10.3. The summed E-state index contributed by atoms with van der Waals surface area (Å²) < 4.78 is 0. The molecule has 2 N–H and O–H groups in total. The molecule has 0 aromatic rings. The van der Waals surface area contributed by atoms with Gasteiger partial charge in [-0.1, -0.05) is 60.0 Å². The van der Waals surface area contributed by atoms with Crippen molar-refractivity contribution in [3.05, 3.63) is 11.6 Å². The summed E-state index contributed by atoms with van der Waals surface area (Å²) in [5.41, 5.74) is 1.77. The largest absolute Gasteiger partial charge is 0.389 e. The van der Waals surface area contributed by atoms with Gasteiger partial charge in [-0.2, -0.15) is 0 Å². The Kier molecular flexibility index (Phi) is 6.01. The second kappa shape index (κ2) is 7.97. The molecule has 0 aromatic carbocycles. The fourth-order valence-electron chi connectivity index (χ4n) is 8.78. The van der Waals surface area contributed by atoms with Gasteiger partial charge in [0.25, 0.3) is 0 Å². The molecule has 4 aliphatic carbocycles. The fraction of sp³-hybridized carbons (Fsp3) is 0.926. The summed E-state index contributed by atoms with van der Waals surface area (Å²) in [6.07, 6.45) is 13.8. The van der Waals surface area contributed by atoms with Crippen molar-refractivity contribution in [2.24, 2.45) is 46.3 Å². The summed E-state index contributed by atoms with van der Waals surface area (Å²) in [5.74, 6) is 4.70. The van der Waals surface area contributed by atoms with Gasteiger partial charge in [0.05, 0.1) is 12.2 Å². The molecule has 3 fully saturated rings. The first-order valence-corrected chi connectivity index (χ1v) is 12.7. The standard InChI is InChI=1S/C27H46O2/c1-17(2)7-6-8-18(3)21-9-10-22-20-16-25(29)24-15-19(28)11-13-27(24,5)23(20)12-14-26(21,22)4/h15,17-23,25,28-29H,6-14,16H2,1-5H3/t18-,19-,20+,21-,22+,23+,25-,26-,27-/m1/s1. The van der Waals surface area contributed by atoms with Crippen LogP contribution in [-0.4, -0.2) is 22.4 Å². The van der Waals surface area contributed by atoms with Crippen LogP contribution in [0.3, 0.4) is 0 Å². The average Bonchev–Trinajstić information content (AvgIpc) is 3.00. The smallest absolute Gasteiger partial charge is 0.0759 e. The predicted octanol–water partition coefficient (Wildman–Crippen LogP) is 6.36. The molecule has 3 saturated carbocycles. The average molecular weight is 403 g/mol. The first kappa shape index (κ1) is 21.9. The van der Waals surface area contributed by atoms with Crippen molar-refractivity contribution in [1.29, 1.82) is 0 Å². The Morgan fingerprint density at radius 1 is 0.966 bits per heavy atom. The molecule has 4 aliphatic rings. The Morgan fingerprint density at radius 3 is 2.45 bits per heavy atom. The van der Waals surface area contributed by atoms with E-state index in [0.29, 0.717) is 17.3 Å². The number of hydrogen-bond donors (Lipinski definition) is 2. The van der Waals surface area contributed by atoms with Crippen LogP contribution in [0.15, 0.2) is 11.6 Å². The summed E-state index contributed by atoms with van der Waals surface area (Å²) >= 11 is 0. The molecule has 2 heteroatoms. The Labute approximate surface area is 179 Å². The van der Waals surface area contributed by atoms with Crippen molar-refractivity contribution in [3.8, 4) is 0 Å². The minimum atomic E-state index is -0.347. The molecule has 9 atom stereocenters. The Hall–Kier alpha value is -0.340. The van der Waals surface area contributed by atoms with Crippen molar-refractivity contribution in [2.45, 2.75) is 111 Å². The second-order valence-electron chi connectivity index (χ2n) is 12.3. The normalized spacial score (nSPS) is 47.9. The zero-order chi connectivity index (χ0) is 21.0. The highest BCUT2D eigenvalue weighted by molar-refractivity contribution is 5.29. The molecule has 0 saturated heterocycles. The lowest BCUT2D eigenvalue weighted by Crippen LogP contribution is -2.54. The zero-order valence-corrected chi connectivity index (χ0v) is 19.7. The van der Waals surface area contributed by atoms with E-state index in [2.05, 4.69) is 34.6 Å². The molecule has 4 rings (SSSR count).